The van der Waals surface area contributed by atoms with Crippen molar-refractivity contribution in [2.75, 3.05) is 4.90 Å². The summed E-state index contributed by atoms with van der Waals surface area (Å²) in [4.78, 5) is 2.35. The van der Waals surface area contributed by atoms with Crippen LogP contribution in [0, 0.1) is 0 Å². The molecule has 1 aromatic heterocycles. The summed E-state index contributed by atoms with van der Waals surface area (Å²) >= 11 is 0. The standard InChI is InChI=1S/C55H39NO/c1-5-16-40(17-6-1)41-28-34-47(35-29-41)56(48-36-30-42(31-37-48)50-25-15-27-53-54(50)51-24-13-14-26-52(51)57-53)49-38-32-46(33-39-49)55(43-18-7-2-8-19-43,44-20-9-3-10-21-44)45-22-11-4-12-23-45/h1-39H. The van der Waals surface area contributed by atoms with Crippen molar-refractivity contribution < 1.29 is 4.42 Å². The third-order valence-electron chi connectivity index (χ3n) is 11.3. The Morgan fingerprint density at radius 2 is 0.702 bits per heavy atom. The molecule has 0 radical (unpaired) electrons. The van der Waals surface area contributed by atoms with Gasteiger partial charge in [0.2, 0.25) is 0 Å². The number of hydrogen-bond acceptors (Lipinski definition) is 2. The zero-order valence-electron chi connectivity index (χ0n) is 31.4. The number of hydrogen-bond donors (Lipinski definition) is 0. The summed E-state index contributed by atoms with van der Waals surface area (Å²) in [7, 11) is 0. The zero-order valence-corrected chi connectivity index (χ0v) is 31.4. The summed E-state index contributed by atoms with van der Waals surface area (Å²) in [6, 6.07) is 84.8. The van der Waals surface area contributed by atoms with E-state index in [-0.39, 0.29) is 0 Å². The molecule has 0 N–H and O–H groups in total. The quantitative estimate of drug-likeness (QED) is 0.138. The Bertz CT molecular complexity index is 2800. The number of furan rings is 1. The normalized spacial score (nSPS) is 11.5. The van der Waals surface area contributed by atoms with Gasteiger partial charge in [0.15, 0.2) is 0 Å². The van der Waals surface area contributed by atoms with Crippen molar-refractivity contribution in [3.05, 3.63) is 259 Å². The highest BCUT2D eigenvalue weighted by Gasteiger charge is 2.38. The molecule has 57 heavy (non-hydrogen) atoms. The molecule has 0 saturated heterocycles. The summed E-state index contributed by atoms with van der Waals surface area (Å²) < 4.78 is 6.24. The van der Waals surface area contributed by atoms with Gasteiger partial charge in [-0.25, -0.2) is 0 Å². The molecule has 0 saturated carbocycles. The molecule has 0 amide bonds. The van der Waals surface area contributed by atoms with E-state index in [9.17, 15) is 0 Å². The maximum atomic E-state index is 6.24. The SMILES string of the molecule is c1ccc(-c2ccc(N(c3ccc(-c4cccc5oc6ccccc6c45)cc3)c3ccc(C(c4ccccc4)(c4ccccc4)c4ccccc4)cc3)cc2)cc1. The van der Waals surface area contributed by atoms with E-state index in [4.69, 9.17) is 4.42 Å². The number of benzene rings is 9. The van der Waals surface area contributed by atoms with Gasteiger partial charge in [0.25, 0.3) is 0 Å². The Balaban J connectivity index is 1.11. The fraction of sp³-hybridized carbons (Fsp3) is 0.0182. The molecular weight excluding hydrogens is 691 g/mol. The molecule has 10 aromatic rings. The molecule has 0 fully saturated rings. The predicted molar refractivity (Wildman–Crippen MR) is 238 cm³/mol. The highest BCUT2D eigenvalue weighted by molar-refractivity contribution is 6.12. The third kappa shape index (κ3) is 6.09. The van der Waals surface area contributed by atoms with Crippen LogP contribution in [-0.4, -0.2) is 0 Å². The van der Waals surface area contributed by atoms with Crippen LogP contribution in [0.2, 0.25) is 0 Å². The Hall–Kier alpha value is -7.42. The van der Waals surface area contributed by atoms with Crippen molar-refractivity contribution in [2.45, 2.75) is 5.41 Å². The fourth-order valence-corrected chi connectivity index (χ4v) is 8.61. The first-order chi connectivity index (χ1) is 28.3. The summed E-state index contributed by atoms with van der Waals surface area (Å²) in [5, 5.41) is 2.27. The average molecular weight is 730 g/mol. The van der Waals surface area contributed by atoms with Crippen LogP contribution < -0.4 is 4.90 Å². The maximum Gasteiger partial charge on any atom is 0.136 e. The van der Waals surface area contributed by atoms with Crippen LogP contribution >= 0.6 is 0 Å². The molecule has 0 aliphatic heterocycles. The minimum Gasteiger partial charge on any atom is -0.456 e. The van der Waals surface area contributed by atoms with E-state index < -0.39 is 5.41 Å². The average Bonchev–Trinajstić information content (AvgIpc) is 3.68. The first-order valence-electron chi connectivity index (χ1n) is 19.5. The molecular formula is C55H39NO. The van der Waals surface area contributed by atoms with E-state index in [0.717, 1.165) is 50.1 Å². The van der Waals surface area contributed by atoms with Crippen LogP contribution in [0.15, 0.2) is 241 Å². The van der Waals surface area contributed by atoms with Gasteiger partial charge in [-0.3, -0.25) is 0 Å². The van der Waals surface area contributed by atoms with Gasteiger partial charge in [0, 0.05) is 27.8 Å². The number of rotatable bonds is 9. The molecule has 9 aromatic carbocycles. The molecule has 2 nitrogen and oxygen atoms in total. The minimum atomic E-state index is -0.523. The fourth-order valence-electron chi connectivity index (χ4n) is 8.61. The smallest absolute Gasteiger partial charge is 0.136 e. The van der Waals surface area contributed by atoms with E-state index in [1.54, 1.807) is 0 Å². The maximum absolute atomic E-state index is 6.24. The van der Waals surface area contributed by atoms with Crippen molar-refractivity contribution in [1.82, 2.24) is 0 Å². The third-order valence-corrected chi connectivity index (χ3v) is 11.3. The highest BCUT2D eigenvalue weighted by Crippen LogP contribution is 2.46. The monoisotopic (exact) mass is 729 g/mol. The lowest BCUT2D eigenvalue weighted by Gasteiger charge is -2.37. The van der Waals surface area contributed by atoms with Crippen molar-refractivity contribution in [1.29, 1.82) is 0 Å². The van der Waals surface area contributed by atoms with Gasteiger partial charge in [-0.2, -0.15) is 0 Å². The number of anilines is 3. The number of fused-ring (bicyclic) bond motifs is 3. The van der Waals surface area contributed by atoms with E-state index in [2.05, 4.69) is 229 Å². The number of para-hydroxylation sites is 1. The van der Waals surface area contributed by atoms with E-state index in [0.29, 0.717) is 0 Å². The van der Waals surface area contributed by atoms with Crippen molar-refractivity contribution in [3.63, 3.8) is 0 Å². The van der Waals surface area contributed by atoms with Crippen molar-refractivity contribution >= 4 is 39.0 Å². The molecule has 0 spiro atoms. The molecule has 270 valence electrons. The van der Waals surface area contributed by atoms with Gasteiger partial charge in [-0.15, -0.1) is 0 Å². The molecule has 1 heterocycles. The van der Waals surface area contributed by atoms with E-state index in [1.807, 2.05) is 12.1 Å². The van der Waals surface area contributed by atoms with Crippen LogP contribution in [0.4, 0.5) is 17.1 Å². The van der Waals surface area contributed by atoms with Crippen LogP contribution in [0.1, 0.15) is 22.3 Å². The van der Waals surface area contributed by atoms with Gasteiger partial charge in [0.05, 0.1) is 5.41 Å². The summed E-state index contributed by atoms with van der Waals surface area (Å²) in [6.07, 6.45) is 0. The second kappa shape index (κ2) is 14.7. The van der Waals surface area contributed by atoms with Crippen LogP contribution in [0.3, 0.4) is 0 Å². The molecule has 0 bridgehead atoms. The molecule has 0 unspecified atom stereocenters. The lowest BCUT2D eigenvalue weighted by atomic mass is 9.65. The topological polar surface area (TPSA) is 16.4 Å². The summed E-state index contributed by atoms with van der Waals surface area (Å²) in [5.41, 5.74) is 14.1. The minimum absolute atomic E-state index is 0.523. The van der Waals surface area contributed by atoms with Gasteiger partial charge in [0.1, 0.15) is 11.2 Å². The molecule has 0 aliphatic rings. The Labute approximate surface area is 333 Å². The predicted octanol–water partition coefficient (Wildman–Crippen LogP) is 14.8. The number of nitrogens with zero attached hydrogens (tertiary/aromatic N) is 1. The molecule has 0 atom stereocenters. The van der Waals surface area contributed by atoms with Crippen LogP contribution in [0.5, 0.6) is 0 Å². The first-order valence-corrected chi connectivity index (χ1v) is 19.5. The van der Waals surface area contributed by atoms with Crippen molar-refractivity contribution in [2.24, 2.45) is 0 Å². The van der Waals surface area contributed by atoms with Gasteiger partial charge < -0.3 is 9.32 Å². The second-order valence-electron chi connectivity index (χ2n) is 14.5. The largest absolute Gasteiger partial charge is 0.456 e. The van der Waals surface area contributed by atoms with Gasteiger partial charge in [-0.05, 0) is 93.0 Å². The second-order valence-corrected chi connectivity index (χ2v) is 14.5. The van der Waals surface area contributed by atoms with E-state index >= 15 is 0 Å². The Kier molecular flexibility index (Phi) is 8.78. The van der Waals surface area contributed by atoms with Crippen LogP contribution in [-0.2, 0) is 5.41 Å². The van der Waals surface area contributed by atoms with Crippen molar-refractivity contribution in [3.8, 4) is 22.3 Å². The lowest BCUT2D eigenvalue weighted by Crippen LogP contribution is -2.31. The molecule has 0 aliphatic carbocycles. The van der Waals surface area contributed by atoms with Crippen LogP contribution in [0.25, 0.3) is 44.2 Å². The molecule has 2 heteroatoms. The molecule has 10 rings (SSSR count). The summed E-state index contributed by atoms with van der Waals surface area (Å²) in [5.74, 6) is 0. The lowest BCUT2D eigenvalue weighted by molar-refractivity contribution is 0.669. The first kappa shape index (κ1) is 34.1. The summed E-state index contributed by atoms with van der Waals surface area (Å²) in [6.45, 7) is 0. The van der Waals surface area contributed by atoms with Gasteiger partial charge >= 0.3 is 0 Å². The van der Waals surface area contributed by atoms with E-state index in [1.165, 1.54) is 33.4 Å². The van der Waals surface area contributed by atoms with Gasteiger partial charge in [-0.1, -0.05) is 188 Å². The highest BCUT2D eigenvalue weighted by atomic mass is 16.3. The zero-order chi connectivity index (χ0) is 38.0. The Morgan fingerprint density at radius 1 is 0.298 bits per heavy atom. The Morgan fingerprint density at radius 3 is 1.25 bits per heavy atom.